The highest BCUT2D eigenvalue weighted by Gasteiger charge is 2.27. The van der Waals surface area contributed by atoms with Gasteiger partial charge in [0.25, 0.3) is 11.5 Å². The Bertz CT molecular complexity index is 1690. The Balaban J connectivity index is 1.61. The van der Waals surface area contributed by atoms with Gasteiger partial charge in [-0.1, -0.05) is 45.8 Å². The van der Waals surface area contributed by atoms with Crippen LogP contribution in [0.1, 0.15) is 74.0 Å². The van der Waals surface area contributed by atoms with Crippen molar-refractivity contribution in [2.45, 2.75) is 108 Å². The van der Waals surface area contributed by atoms with Crippen LogP contribution >= 0.6 is 0 Å². The Morgan fingerprint density at radius 3 is 2.34 bits per heavy atom. The number of carbonyl (C=O) groups excluding carboxylic acids is 1. The van der Waals surface area contributed by atoms with E-state index in [1.54, 1.807) is 0 Å². The van der Waals surface area contributed by atoms with Crippen LogP contribution in [-0.2, 0) is 34.8 Å². The zero-order valence-electron chi connectivity index (χ0n) is 26.1. The Morgan fingerprint density at radius 2 is 1.73 bits per heavy atom. The van der Waals surface area contributed by atoms with E-state index in [0.717, 1.165) is 49.7 Å². The van der Waals surface area contributed by atoms with Gasteiger partial charge in [-0.25, -0.2) is 9.78 Å². The number of amides is 1. The molecule has 1 N–H and O–H groups in total. The number of imidazole rings is 1. The van der Waals surface area contributed by atoms with E-state index in [0.29, 0.717) is 30.6 Å². The molecule has 2 aromatic heterocycles. The van der Waals surface area contributed by atoms with E-state index in [-0.39, 0.29) is 43.4 Å². The number of hydrogen-bond donors (Lipinski definition) is 1. The van der Waals surface area contributed by atoms with Crippen LogP contribution in [0.5, 0.6) is 0 Å². The number of halogens is 1. The number of hydrogen-bond acceptors (Lipinski definition) is 7. The van der Waals surface area contributed by atoms with E-state index < -0.39 is 34.8 Å². The maximum atomic E-state index is 13.8. The lowest BCUT2D eigenvalue weighted by Crippen LogP contribution is -2.41. The van der Waals surface area contributed by atoms with Gasteiger partial charge in [-0.15, -0.1) is 3.89 Å². The number of rotatable bonds is 14. The molecule has 1 saturated carbocycles. The topological polar surface area (TPSA) is 134 Å². The molecule has 0 saturated heterocycles. The number of aryl methyl sites for hydroxylation is 1. The van der Waals surface area contributed by atoms with Gasteiger partial charge in [0, 0.05) is 45.8 Å². The summed E-state index contributed by atoms with van der Waals surface area (Å²) >= 11 is 0. The minimum Gasteiger partial charge on any atom is -0.361 e. The largest absolute Gasteiger partial charge is 0.361 e. The summed E-state index contributed by atoms with van der Waals surface area (Å²) in [7, 11) is -6.17. The Labute approximate surface area is 258 Å². The van der Waals surface area contributed by atoms with Gasteiger partial charge in [-0.05, 0) is 56.0 Å². The number of aromatic nitrogens is 4. The highest BCUT2D eigenvalue weighted by atomic mass is 32.3. The second kappa shape index (κ2) is 14.3. The molecule has 1 amide bonds. The summed E-state index contributed by atoms with van der Waals surface area (Å²) in [4.78, 5) is 44.4. The van der Waals surface area contributed by atoms with Crippen LogP contribution < -0.4 is 16.6 Å². The van der Waals surface area contributed by atoms with Gasteiger partial charge < -0.3 is 10.1 Å². The third-order valence-electron chi connectivity index (χ3n) is 8.02. The second-order valence-corrected chi connectivity index (χ2v) is 19.7. The molecular weight excluding hydrogens is 606 g/mol. The van der Waals surface area contributed by atoms with E-state index in [1.807, 2.05) is 11.5 Å². The first-order chi connectivity index (χ1) is 20.8. The molecule has 1 aromatic carbocycles. The van der Waals surface area contributed by atoms with Crippen molar-refractivity contribution in [1.29, 1.82) is 0 Å². The van der Waals surface area contributed by atoms with Crippen LogP contribution in [0.4, 0.5) is 3.89 Å². The zero-order chi connectivity index (χ0) is 32.1. The molecule has 3 aromatic rings. The van der Waals surface area contributed by atoms with Crippen molar-refractivity contribution in [3.8, 4) is 0 Å². The summed E-state index contributed by atoms with van der Waals surface area (Å²) in [6, 6.07) is 5.54. The first-order valence-corrected chi connectivity index (χ1v) is 20.6. The van der Waals surface area contributed by atoms with E-state index in [9.17, 15) is 26.7 Å². The lowest BCUT2D eigenvalue weighted by atomic mass is 9.89. The van der Waals surface area contributed by atoms with Crippen molar-refractivity contribution in [1.82, 2.24) is 24.0 Å². The number of ether oxygens (including phenoxy) is 1. The van der Waals surface area contributed by atoms with Crippen molar-refractivity contribution in [2.24, 2.45) is 0 Å². The molecule has 11 nitrogen and oxygen atoms in total. The highest BCUT2D eigenvalue weighted by molar-refractivity contribution is 7.86. The second-order valence-electron chi connectivity index (χ2n) is 12.7. The fraction of sp³-hybridized carbons (Fsp3) is 0.600. The van der Waals surface area contributed by atoms with E-state index >= 15 is 0 Å². The molecule has 0 radical (unpaired) electrons. The lowest BCUT2D eigenvalue weighted by Gasteiger charge is -2.22. The maximum absolute atomic E-state index is 13.8. The van der Waals surface area contributed by atoms with Gasteiger partial charge in [-0.3, -0.25) is 23.3 Å². The Kier molecular flexibility index (Phi) is 11.0. The number of carbonyl (C=O) groups is 1. The van der Waals surface area contributed by atoms with Crippen LogP contribution in [0.15, 0.2) is 38.8 Å². The minimum absolute atomic E-state index is 0.178. The maximum Gasteiger partial charge on any atom is 0.332 e. The smallest absolute Gasteiger partial charge is 0.332 e. The summed E-state index contributed by atoms with van der Waals surface area (Å²) in [6.07, 6.45) is 6.26. The van der Waals surface area contributed by atoms with Gasteiger partial charge in [0.15, 0.2) is 11.2 Å². The fourth-order valence-electron chi connectivity index (χ4n) is 5.58. The summed E-state index contributed by atoms with van der Waals surface area (Å²) in [6.45, 7) is 10.3. The SMILES string of the molecule is CCCn1c(=O)c2c(nc(C3CCCCC3)n2COCC[Si](C)(C)C)n(CCCNC(=O)c2ccc(S(=O)(=O)F)cc2)c1=O. The molecule has 0 unspecified atom stereocenters. The van der Waals surface area contributed by atoms with Gasteiger partial charge in [0.1, 0.15) is 12.6 Å². The number of benzene rings is 1. The number of fused-ring (bicyclic) bond motifs is 1. The van der Waals surface area contributed by atoms with Crippen LogP contribution in [-0.4, -0.2) is 54.2 Å². The lowest BCUT2D eigenvalue weighted by molar-refractivity contribution is 0.0863. The summed E-state index contributed by atoms with van der Waals surface area (Å²) in [5.74, 6) is 0.511. The molecule has 4 rings (SSSR count). The normalized spacial score (nSPS) is 14.8. The molecule has 14 heteroatoms. The van der Waals surface area contributed by atoms with Crippen molar-refractivity contribution in [2.75, 3.05) is 13.2 Å². The standard InChI is InChI=1S/C30H44FN5O6SSi/c1-5-17-35-29(38)25-27(33-26(22-10-7-6-8-11-22)36(25)21-42-19-20-44(2,3)4)34(30(35)39)18-9-16-32-28(37)23-12-14-24(15-13-23)43(31,40)41/h12-15,22H,5-11,16-21H2,1-4H3,(H,32,37). The molecule has 44 heavy (non-hydrogen) atoms. The minimum atomic E-state index is -4.85. The predicted molar refractivity (Wildman–Crippen MR) is 170 cm³/mol. The Hall–Kier alpha value is -3.10. The average molecular weight is 650 g/mol. The molecule has 0 aliphatic heterocycles. The molecule has 1 fully saturated rings. The highest BCUT2D eigenvalue weighted by Crippen LogP contribution is 2.33. The van der Waals surface area contributed by atoms with Crippen LogP contribution in [0.3, 0.4) is 0 Å². The van der Waals surface area contributed by atoms with Crippen molar-refractivity contribution < 1.29 is 21.8 Å². The summed E-state index contributed by atoms with van der Waals surface area (Å²) < 4.78 is 46.1. The summed E-state index contributed by atoms with van der Waals surface area (Å²) in [5.41, 5.74) is 0.102. The van der Waals surface area contributed by atoms with E-state index in [2.05, 4.69) is 25.0 Å². The fourth-order valence-corrected chi connectivity index (χ4v) is 6.79. The average Bonchev–Trinajstić information content (AvgIpc) is 3.36. The molecule has 1 aliphatic rings. The Morgan fingerprint density at radius 1 is 1.05 bits per heavy atom. The van der Waals surface area contributed by atoms with Crippen LogP contribution in [0.25, 0.3) is 11.2 Å². The zero-order valence-corrected chi connectivity index (χ0v) is 27.9. The molecule has 0 atom stereocenters. The number of nitrogens with one attached hydrogen (secondary N) is 1. The van der Waals surface area contributed by atoms with Crippen molar-refractivity contribution >= 4 is 35.4 Å². The van der Waals surface area contributed by atoms with Crippen LogP contribution in [0, 0.1) is 0 Å². The molecular formula is C30H44FN5O6SSi. The molecule has 242 valence electrons. The van der Waals surface area contributed by atoms with Gasteiger partial charge >= 0.3 is 15.9 Å². The van der Waals surface area contributed by atoms with E-state index in [1.165, 1.54) is 27.7 Å². The quantitative estimate of drug-likeness (QED) is 0.153. The van der Waals surface area contributed by atoms with E-state index in [4.69, 9.17) is 9.72 Å². The molecule has 2 heterocycles. The van der Waals surface area contributed by atoms with Gasteiger partial charge in [-0.2, -0.15) is 8.42 Å². The van der Waals surface area contributed by atoms with Crippen molar-refractivity contribution in [3.63, 3.8) is 0 Å². The first-order valence-electron chi connectivity index (χ1n) is 15.5. The number of nitrogens with zero attached hydrogens (tertiary/aromatic N) is 4. The first kappa shape index (κ1) is 33.8. The van der Waals surface area contributed by atoms with Gasteiger partial charge in [0.2, 0.25) is 0 Å². The van der Waals surface area contributed by atoms with Gasteiger partial charge in [0.05, 0.1) is 4.90 Å². The molecule has 1 aliphatic carbocycles. The monoisotopic (exact) mass is 649 g/mol. The summed E-state index contributed by atoms with van der Waals surface area (Å²) in [5, 5.41) is 2.75. The predicted octanol–water partition coefficient (Wildman–Crippen LogP) is 4.61. The van der Waals surface area contributed by atoms with Crippen molar-refractivity contribution in [3.05, 3.63) is 56.5 Å². The van der Waals surface area contributed by atoms with Crippen LogP contribution in [0.2, 0.25) is 25.7 Å². The molecule has 0 bridgehead atoms. The third kappa shape index (κ3) is 8.13. The molecule has 0 spiro atoms. The third-order valence-corrected chi connectivity index (χ3v) is 10.6.